The Morgan fingerprint density at radius 1 is 1.56 bits per heavy atom. The molecule has 0 aliphatic carbocycles. The molecular formula is C12H20N4. The van der Waals surface area contributed by atoms with Crippen LogP contribution in [0.5, 0.6) is 0 Å². The first-order valence-electron chi connectivity index (χ1n) is 5.92. The van der Waals surface area contributed by atoms with Crippen LogP contribution in [0.25, 0.3) is 0 Å². The summed E-state index contributed by atoms with van der Waals surface area (Å²) in [6, 6.07) is 2.58. The van der Waals surface area contributed by atoms with Crippen molar-refractivity contribution in [3.8, 4) is 0 Å². The van der Waals surface area contributed by atoms with Crippen molar-refractivity contribution in [1.29, 1.82) is 0 Å². The lowest BCUT2D eigenvalue weighted by atomic mass is 9.94. The fourth-order valence-electron chi connectivity index (χ4n) is 2.32. The number of rotatable bonds is 3. The Hall–Kier alpha value is -1.00. The molecule has 16 heavy (non-hydrogen) atoms. The number of aromatic nitrogens is 2. The maximum Gasteiger partial charge on any atom is 0.115 e. The number of hydrogen-bond donors (Lipinski definition) is 1. The smallest absolute Gasteiger partial charge is 0.115 e. The molecule has 2 heterocycles. The van der Waals surface area contributed by atoms with E-state index in [-0.39, 0.29) is 0 Å². The maximum absolute atomic E-state index is 4.22. The van der Waals surface area contributed by atoms with Crippen molar-refractivity contribution >= 4 is 0 Å². The first-order valence-corrected chi connectivity index (χ1v) is 5.92. The highest BCUT2D eigenvalue weighted by molar-refractivity contribution is 4.98. The van der Waals surface area contributed by atoms with E-state index in [1.54, 1.807) is 12.5 Å². The predicted octanol–water partition coefficient (Wildman–Crippen LogP) is 0.906. The highest BCUT2D eigenvalue weighted by atomic mass is 15.1. The molecule has 0 amide bonds. The Balaban J connectivity index is 1.82. The third-order valence-electron chi connectivity index (χ3n) is 3.30. The normalized spacial score (nSPS) is 26.9. The number of nitrogens with one attached hydrogen (secondary N) is 1. The Labute approximate surface area is 97.1 Å². The highest BCUT2D eigenvalue weighted by Crippen LogP contribution is 2.15. The van der Waals surface area contributed by atoms with Crippen LogP contribution >= 0.6 is 0 Å². The molecular weight excluding hydrogens is 200 g/mol. The summed E-state index contributed by atoms with van der Waals surface area (Å²) in [5, 5.41) is 3.59. The maximum atomic E-state index is 4.22. The first kappa shape index (κ1) is 11.5. The average molecular weight is 220 g/mol. The quantitative estimate of drug-likeness (QED) is 0.822. The molecule has 1 fully saturated rings. The van der Waals surface area contributed by atoms with Crippen molar-refractivity contribution in [2.24, 2.45) is 5.92 Å². The van der Waals surface area contributed by atoms with Crippen LogP contribution in [0.15, 0.2) is 18.6 Å². The third kappa shape index (κ3) is 3.00. The summed E-state index contributed by atoms with van der Waals surface area (Å²) in [4.78, 5) is 10.5. The molecule has 2 unspecified atom stereocenters. The van der Waals surface area contributed by atoms with E-state index >= 15 is 0 Å². The SMILES string of the molecule is CC1CN(C)CCC1NCc1ccncn1. The zero-order valence-electron chi connectivity index (χ0n) is 10.1. The van der Waals surface area contributed by atoms with E-state index in [1.807, 2.05) is 6.07 Å². The van der Waals surface area contributed by atoms with Crippen LogP contribution in [0, 0.1) is 5.92 Å². The van der Waals surface area contributed by atoms with Gasteiger partial charge in [-0.05, 0) is 32.0 Å². The van der Waals surface area contributed by atoms with Crippen molar-refractivity contribution in [2.75, 3.05) is 20.1 Å². The summed E-state index contributed by atoms with van der Waals surface area (Å²) in [5.74, 6) is 0.709. The van der Waals surface area contributed by atoms with Gasteiger partial charge in [0, 0.05) is 25.3 Å². The Bertz CT molecular complexity index is 314. The van der Waals surface area contributed by atoms with E-state index in [1.165, 1.54) is 19.5 Å². The molecule has 1 aromatic heterocycles. The first-order chi connectivity index (χ1) is 7.75. The van der Waals surface area contributed by atoms with Crippen LogP contribution in [0.1, 0.15) is 19.0 Å². The van der Waals surface area contributed by atoms with Crippen LogP contribution in [0.4, 0.5) is 0 Å². The molecule has 0 radical (unpaired) electrons. The van der Waals surface area contributed by atoms with Crippen molar-refractivity contribution in [3.05, 3.63) is 24.3 Å². The van der Waals surface area contributed by atoms with Gasteiger partial charge in [0.05, 0.1) is 5.69 Å². The summed E-state index contributed by atoms with van der Waals surface area (Å²) in [7, 11) is 2.19. The molecule has 1 N–H and O–H groups in total. The van der Waals surface area contributed by atoms with E-state index in [9.17, 15) is 0 Å². The molecule has 1 aromatic rings. The van der Waals surface area contributed by atoms with Gasteiger partial charge >= 0.3 is 0 Å². The topological polar surface area (TPSA) is 41.0 Å². The largest absolute Gasteiger partial charge is 0.308 e. The van der Waals surface area contributed by atoms with Gasteiger partial charge in [0.1, 0.15) is 6.33 Å². The number of piperidine rings is 1. The summed E-state index contributed by atoms with van der Waals surface area (Å²) in [6.07, 6.45) is 4.62. The second kappa shape index (κ2) is 5.37. The summed E-state index contributed by atoms with van der Waals surface area (Å²) in [6.45, 7) is 5.53. The molecule has 2 rings (SSSR count). The minimum Gasteiger partial charge on any atom is -0.308 e. The Morgan fingerprint density at radius 2 is 2.44 bits per heavy atom. The lowest BCUT2D eigenvalue weighted by Crippen LogP contribution is -2.46. The fourth-order valence-corrected chi connectivity index (χ4v) is 2.32. The Morgan fingerprint density at radius 3 is 3.12 bits per heavy atom. The van der Waals surface area contributed by atoms with Crippen molar-refractivity contribution < 1.29 is 0 Å². The Kier molecular flexibility index (Phi) is 3.85. The van der Waals surface area contributed by atoms with Crippen LogP contribution in [-0.4, -0.2) is 41.0 Å². The lowest BCUT2D eigenvalue weighted by molar-refractivity contribution is 0.174. The van der Waals surface area contributed by atoms with Gasteiger partial charge in [-0.2, -0.15) is 0 Å². The molecule has 0 saturated carbocycles. The molecule has 2 atom stereocenters. The summed E-state index contributed by atoms with van der Waals surface area (Å²) in [5.41, 5.74) is 1.07. The molecule has 1 saturated heterocycles. The zero-order valence-corrected chi connectivity index (χ0v) is 10.1. The second-order valence-corrected chi connectivity index (χ2v) is 4.72. The van der Waals surface area contributed by atoms with Crippen molar-refractivity contribution in [3.63, 3.8) is 0 Å². The zero-order chi connectivity index (χ0) is 11.4. The standard InChI is InChI=1S/C12H20N4/c1-10-8-16(2)6-4-12(10)14-7-11-3-5-13-9-15-11/h3,5,9-10,12,14H,4,6-8H2,1-2H3. The molecule has 0 spiro atoms. The van der Waals surface area contributed by atoms with E-state index in [0.717, 1.165) is 12.2 Å². The monoisotopic (exact) mass is 220 g/mol. The van der Waals surface area contributed by atoms with Gasteiger partial charge in [-0.25, -0.2) is 9.97 Å². The predicted molar refractivity (Wildman–Crippen MR) is 63.9 cm³/mol. The second-order valence-electron chi connectivity index (χ2n) is 4.72. The van der Waals surface area contributed by atoms with Crippen LogP contribution in [0.2, 0.25) is 0 Å². The van der Waals surface area contributed by atoms with Gasteiger partial charge in [0.2, 0.25) is 0 Å². The molecule has 1 aliphatic rings. The van der Waals surface area contributed by atoms with Gasteiger partial charge in [-0.15, -0.1) is 0 Å². The minimum atomic E-state index is 0.617. The number of hydrogen-bond acceptors (Lipinski definition) is 4. The van der Waals surface area contributed by atoms with Crippen molar-refractivity contribution in [2.45, 2.75) is 25.9 Å². The molecule has 1 aliphatic heterocycles. The van der Waals surface area contributed by atoms with E-state index in [2.05, 4.69) is 34.2 Å². The van der Waals surface area contributed by atoms with E-state index in [0.29, 0.717) is 12.0 Å². The number of likely N-dealkylation sites (tertiary alicyclic amines) is 1. The van der Waals surface area contributed by atoms with E-state index in [4.69, 9.17) is 0 Å². The van der Waals surface area contributed by atoms with E-state index < -0.39 is 0 Å². The fraction of sp³-hybridized carbons (Fsp3) is 0.667. The molecule has 0 aromatic carbocycles. The summed E-state index contributed by atoms with van der Waals surface area (Å²) >= 11 is 0. The lowest BCUT2D eigenvalue weighted by Gasteiger charge is -2.35. The van der Waals surface area contributed by atoms with Gasteiger partial charge in [0.25, 0.3) is 0 Å². The van der Waals surface area contributed by atoms with Gasteiger partial charge in [-0.1, -0.05) is 6.92 Å². The average Bonchev–Trinajstić information content (AvgIpc) is 2.29. The van der Waals surface area contributed by atoms with Gasteiger partial charge in [-0.3, -0.25) is 0 Å². The molecule has 88 valence electrons. The van der Waals surface area contributed by atoms with Crippen LogP contribution in [-0.2, 0) is 6.54 Å². The third-order valence-corrected chi connectivity index (χ3v) is 3.30. The van der Waals surface area contributed by atoms with Crippen molar-refractivity contribution in [1.82, 2.24) is 20.2 Å². The highest BCUT2D eigenvalue weighted by Gasteiger charge is 2.23. The van der Waals surface area contributed by atoms with Gasteiger partial charge < -0.3 is 10.2 Å². The van der Waals surface area contributed by atoms with Gasteiger partial charge in [0.15, 0.2) is 0 Å². The molecule has 4 nitrogen and oxygen atoms in total. The summed E-state index contributed by atoms with van der Waals surface area (Å²) < 4.78 is 0. The molecule has 4 heteroatoms. The number of nitrogens with zero attached hydrogens (tertiary/aromatic N) is 3. The van der Waals surface area contributed by atoms with Crippen LogP contribution < -0.4 is 5.32 Å². The van der Waals surface area contributed by atoms with Crippen LogP contribution in [0.3, 0.4) is 0 Å². The minimum absolute atomic E-state index is 0.617. The molecule has 0 bridgehead atoms.